The molecule has 0 saturated heterocycles. The van der Waals surface area contributed by atoms with Crippen LogP contribution >= 0.6 is 0 Å². The molecular formula is C16H19FN2O2. The summed E-state index contributed by atoms with van der Waals surface area (Å²) in [7, 11) is 0. The van der Waals surface area contributed by atoms with Crippen molar-refractivity contribution in [3.05, 3.63) is 35.3 Å². The molecule has 4 nitrogen and oxygen atoms in total. The molecule has 1 aliphatic rings. The number of carbonyl (C=O) groups is 1. The van der Waals surface area contributed by atoms with Gasteiger partial charge in [0.05, 0.1) is 6.61 Å². The fourth-order valence-corrected chi connectivity index (χ4v) is 3.17. The van der Waals surface area contributed by atoms with E-state index in [0.717, 1.165) is 41.4 Å². The highest BCUT2D eigenvalue weighted by Crippen LogP contribution is 2.32. The summed E-state index contributed by atoms with van der Waals surface area (Å²) >= 11 is 0. The van der Waals surface area contributed by atoms with Gasteiger partial charge >= 0.3 is 5.97 Å². The first-order chi connectivity index (χ1) is 10.1. The van der Waals surface area contributed by atoms with Crippen LogP contribution in [-0.2, 0) is 28.9 Å². The summed E-state index contributed by atoms with van der Waals surface area (Å²) < 4.78 is 20.6. The second kappa shape index (κ2) is 5.48. The smallest absolute Gasteiger partial charge is 0.325 e. The number of fused-ring (bicyclic) bond motifs is 3. The van der Waals surface area contributed by atoms with Crippen molar-refractivity contribution in [1.29, 1.82) is 0 Å². The Labute approximate surface area is 122 Å². The Kier molecular flexibility index (Phi) is 3.68. The maximum absolute atomic E-state index is 13.6. The van der Waals surface area contributed by atoms with Crippen molar-refractivity contribution in [2.75, 3.05) is 6.61 Å². The van der Waals surface area contributed by atoms with E-state index in [2.05, 4.69) is 0 Å². The first-order valence-corrected chi connectivity index (χ1v) is 7.30. The quantitative estimate of drug-likeness (QED) is 0.881. The first kappa shape index (κ1) is 14.1. The van der Waals surface area contributed by atoms with Gasteiger partial charge in [-0.1, -0.05) is 0 Å². The van der Waals surface area contributed by atoms with Gasteiger partial charge < -0.3 is 15.0 Å². The molecule has 5 heteroatoms. The Morgan fingerprint density at radius 3 is 3.10 bits per heavy atom. The minimum Gasteiger partial charge on any atom is -0.465 e. The molecule has 0 amide bonds. The Hall–Kier alpha value is -1.88. The van der Waals surface area contributed by atoms with Gasteiger partial charge in [-0.2, -0.15) is 0 Å². The molecule has 0 aliphatic heterocycles. The van der Waals surface area contributed by atoms with E-state index in [1.54, 1.807) is 13.0 Å². The van der Waals surface area contributed by atoms with Crippen LogP contribution in [0.25, 0.3) is 10.9 Å². The van der Waals surface area contributed by atoms with E-state index in [1.165, 1.54) is 12.1 Å². The van der Waals surface area contributed by atoms with Crippen LogP contribution in [0.4, 0.5) is 4.39 Å². The molecule has 1 heterocycles. The lowest BCUT2D eigenvalue weighted by atomic mass is 9.92. The average molecular weight is 290 g/mol. The predicted octanol–water partition coefficient (Wildman–Crippen LogP) is 2.16. The van der Waals surface area contributed by atoms with Crippen molar-refractivity contribution in [2.45, 2.75) is 38.8 Å². The number of aromatic nitrogens is 1. The molecule has 3 rings (SSSR count). The summed E-state index contributed by atoms with van der Waals surface area (Å²) in [4.78, 5) is 11.8. The number of benzene rings is 1. The third kappa shape index (κ3) is 2.53. The van der Waals surface area contributed by atoms with E-state index in [0.29, 0.717) is 6.61 Å². The predicted molar refractivity (Wildman–Crippen MR) is 78.5 cm³/mol. The molecular weight excluding hydrogens is 271 g/mol. The number of hydrogen-bond acceptors (Lipinski definition) is 3. The Morgan fingerprint density at radius 2 is 2.33 bits per heavy atom. The van der Waals surface area contributed by atoms with Gasteiger partial charge in [0.15, 0.2) is 0 Å². The van der Waals surface area contributed by atoms with Gasteiger partial charge in [0, 0.05) is 22.6 Å². The summed E-state index contributed by atoms with van der Waals surface area (Å²) in [5.74, 6) is -0.533. The van der Waals surface area contributed by atoms with Crippen LogP contribution in [0.2, 0.25) is 0 Å². The summed E-state index contributed by atoms with van der Waals surface area (Å²) in [5.41, 5.74) is 9.09. The normalized spacial score (nSPS) is 17.8. The highest BCUT2D eigenvalue weighted by Gasteiger charge is 2.24. The molecule has 0 spiro atoms. The minimum absolute atomic E-state index is 0.0995. The molecule has 0 bridgehead atoms. The molecule has 112 valence electrons. The molecule has 1 atom stereocenters. The molecule has 1 aromatic heterocycles. The molecule has 1 aromatic carbocycles. The topological polar surface area (TPSA) is 57.2 Å². The highest BCUT2D eigenvalue weighted by atomic mass is 19.1. The van der Waals surface area contributed by atoms with Gasteiger partial charge in [0.25, 0.3) is 0 Å². The number of rotatable bonds is 3. The van der Waals surface area contributed by atoms with Crippen molar-refractivity contribution in [3.63, 3.8) is 0 Å². The maximum Gasteiger partial charge on any atom is 0.325 e. The van der Waals surface area contributed by atoms with Crippen LogP contribution in [0.1, 0.15) is 24.6 Å². The Morgan fingerprint density at radius 1 is 1.52 bits per heavy atom. The van der Waals surface area contributed by atoms with E-state index in [1.807, 2.05) is 4.57 Å². The average Bonchev–Trinajstić information content (AvgIpc) is 2.72. The van der Waals surface area contributed by atoms with Crippen molar-refractivity contribution < 1.29 is 13.9 Å². The van der Waals surface area contributed by atoms with Crippen molar-refractivity contribution in [2.24, 2.45) is 5.73 Å². The van der Waals surface area contributed by atoms with Crippen molar-refractivity contribution in [3.8, 4) is 0 Å². The number of halogens is 1. The molecule has 1 aliphatic carbocycles. The van der Waals surface area contributed by atoms with Gasteiger partial charge in [-0.25, -0.2) is 4.39 Å². The lowest BCUT2D eigenvalue weighted by Crippen LogP contribution is -2.28. The van der Waals surface area contributed by atoms with Crippen LogP contribution in [0.5, 0.6) is 0 Å². The van der Waals surface area contributed by atoms with Crippen LogP contribution in [0.15, 0.2) is 18.2 Å². The number of hydrogen-bond donors (Lipinski definition) is 1. The van der Waals surface area contributed by atoms with E-state index < -0.39 is 0 Å². The fourth-order valence-electron chi connectivity index (χ4n) is 3.17. The number of esters is 1. The summed E-state index contributed by atoms with van der Waals surface area (Å²) in [5, 5.41) is 0.865. The second-order valence-electron chi connectivity index (χ2n) is 5.48. The zero-order valence-electron chi connectivity index (χ0n) is 12.1. The van der Waals surface area contributed by atoms with E-state index in [9.17, 15) is 9.18 Å². The summed E-state index contributed by atoms with van der Waals surface area (Å²) in [6, 6.07) is 4.79. The lowest BCUT2D eigenvalue weighted by molar-refractivity contribution is -0.143. The second-order valence-corrected chi connectivity index (χ2v) is 5.48. The number of ether oxygens (including phenoxy) is 1. The van der Waals surface area contributed by atoms with E-state index >= 15 is 0 Å². The molecule has 0 fully saturated rings. The maximum atomic E-state index is 13.6. The van der Waals surface area contributed by atoms with Crippen LogP contribution in [0, 0.1) is 5.82 Å². The molecule has 1 unspecified atom stereocenters. The molecule has 21 heavy (non-hydrogen) atoms. The summed E-state index contributed by atoms with van der Waals surface area (Å²) in [6.07, 6.45) is 2.42. The lowest BCUT2D eigenvalue weighted by Gasteiger charge is -2.20. The van der Waals surface area contributed by atoms with Gasteiger partial charge in [-0.05, 0) is 49.9 Å². The van der Waals surface area contributed by atoms with Crippen LogP contribution < -0.4 is 5.73 Å². The van der Waals surface area contributed by atoms with Crippen molar-refractivity contribution >= 4 is 16.9 Å². The standard InChI is InChI=1S/C16H19FN2O2/c1-2-21-16(20)9-19-14-5-3-10(17)7-12(14)13-8-11(18)4-6-15(13)19/h3,5,7,11H,2,4,6,8-9,18H2,1H3. The van der Waals surface area contributed by atoms with Gasteiger partial charge in [0.1, 0.15) is 12.4 Å². The molecule has 2 aromatic rings. The number of nitrogens with two attached hydrogens (primary N) is 1. The zero-order chi connectivity index (χ0) is 15.0. The van der Waals surface area contributed by atoms with Gasteiger partial charge in [0.2, 0.25) is 0 Å². The number of carbonyl (C=O) groups excluding carboxylic acids is 1. The van der Waals surface area contributed by atoms with Crippen LogP contribution in [-0.4, -0.2) is 23.2 Å². The Bertz CT molecular complexity index is 693. The van der Waals surface area contributed by atoms with Gasteiger partial charge in [-0.15, -0.1) is 0 Å². The fraction of sp³-hybridized carbons (Fsp3) is 0.438. The molecule has 0 radical (unpaired) electrons. The third-order valence-corrected chi connectivity index (χ3v) is 4.06. The highest BCUT2D eigenvalue weighted by molar-refractivity contribution is 5.87. The van der Waals surface area contributed by atoms with E-state index in [4.69, 9.17) is 10.5 Å². The van der Waals surface area contributed by atoms with Crippen LogP contribution in [0.3, 0.4) is 0 Å². The molecule has 2 N–H and O–H groups in total. The number of nitrogens with zero attached hydrogens (tertiary/aromatic N) is 1. The SMILES string of the molecule is CCOC(=O)Cn1c2c(c3cc(F)ccc31)CC(N)CC2. The third-order valence-electron chi connectivity index (χ3n) is 4.06. The monoisotopic (exact) mass is 290 g/mol. The molecule has 0 saturated carbocycles. The van der Waals surface area contributed by atoms with Crippen molar-refractivity contribution in [1.82, 2.24) is 4.57 Å². The zero-order valence-corrected chi connectivity index (χ0v) is 12.1. The van der Waals surface area contributed by atoms with E-state index in [-0.39, 0.29) is 24.4 Å². The first-order valence-electron chi connectivity index (χ1n) is 7.30. The summed E-state index contributed by atoms with van der Waals surface area (Å²) in [6.45, 7) is 2.32. The van der Waals surface area contributed by atoms with Gasteiger partial charge in [-0.3, -0.25) is 4.79 Å². The minimum atomic E-state index is -0.267. The largest absolute Gasteiger partial charge is 0.465 e. The Balaban J connectivity index is 2.12.